The van der Waals surface area contributed by atoms with Gasteiger partial charge in [-0.05, 0) is 48.2 Å². The summed E-state index contributed by atoms with van der Waals surface area (Å²) in [5, 5.41) is 4.71. The first-order chi connectivity index (χ1) is 12.0. The summed E-state index contributed by atoms with van der Waals surface area (Å²) in [6, 6.07) is 7.52. The van der Waals surface area contributed by atoms with Gasteiger partial charge in [-0.2, -0.15) is 15.0 Å². The number of benzene rings is 1. The minimum Gasteiger partial charge on any atom is -0.453 e. The Kier molecular flexibility index (Phi) is 4.85. The lowest BCUT2D eigenvalue weighted by atomic mass is 10.3. The lowest BCUT2D eigenvalue weighted by molar-refractivity contribution is 0.0467. The number of hydrogen-bond acceptors (Lipinski definition) is 8. The van der Waals surface area contributed by atoms with Gasteiger partial charge in [0.2, 0.25) is 11.9 Å². The summed E-state index contributed by atoms with van der Waals surface area (Å²) in [4.78, 5) is 24.6. The maximum absolute atomic E-state index is 12.9. The number of carbonyl (C=O) groups excluding carboxylic acids is 1. The summed E-state index contributed by atoms with van der Waals surface area (Å²) in [7, 11) is 0. The van der Waals surface area contributed by atoms with E-state index in [2.05, 4.69) is 20.3 Å². The predicted molar refractivity (Wildman–Crippen MR) is 92.1 cm³/mol. The molecule has 2 heterocycles. The van der Waals surface area contributed by atoms with E-state index in [1.165, 1.54) is 35.6 Å². The standard InChI is InChI=1S/C16H14FN5O2S/c1-9-6-7-25-13(9)14(23)24-8-12-20-15(18)22-16(21-12)19-11-4-2-10(17)3-5-11/h2-7H,8H2,1H3,(H3,18,19,20,21,22). The van der Waals surface area contributed by atoms with Crippen LogP contribution in [-0.4, -0.2) is 20.9 Å². The Morgan fingerprint density at radius 2 is 2.00 bits per heavy atom. The van der Waals surface area contributed by atoms with Crippen molar-refractivity contribution in [1.82, 2.24) is 15.0 Å². The molecular weight excluding hydrogens is 345 g/mol. The molecule has 0 aliphatic carbocycles. The molecule has 0 saturated heterocycles. The molecule has 2 aromatic heterocycles. The largest absolute Gasteiger partial charge is 0.453 e. The number of thiophene rings is 1. The summed E-state index contributed by atoms with van der Waals surface area (Å²) in [5.41, 5.74) is 7.10. The van der Waals surface area contributed by atoms with Crippen molar-refractivity contribution in [3.8, 4) is 0 Å². The summed E-state index contributed by atoms with van der Waals surface area (Å²) in [5.74, 6) is -0.424. The van der Waals surface area contributed by atoms with Gasteiger partial charge in [0.1, 0.15) is 10.7 Å². The minimum absolute atomic E-state index is 0.0158. The molecule has 0 bridgehead atoms. The smallest absolute Gasteiger partial charge is 0.349 e. The number of aromatic nitrogens is 3. The van der Waals surface area contributed by atoms with Crippen LogP contribution in [-0.2, 0) is 11.3 Å². The molecule has 3 rings (SSSR count). The molecule has 0 radical (unpaired) electrons. The van der Waals surface area contributed by atoms with Crippen LogP contribution >= 0.6 is 11.3 Å². The van der Waals surface area contributed by atoms with Gasteiger partial charge in [-0.25, -0.2) is 9.18 Å². The van der Waals surface area contributed by atoms with E-state index in [0.29, 0.717) is 10.6 Å². The van der Waals surface area contributed by atoms with Crippen molar-refractivity contribution >= 4 is 34.9 Å². The zero-order chi connectivity index (χ0) is 17.8. The van der Waals surface area contributed by atoms with Crippen LogP contribution in [0, 0.1) is 12.7 Å². The van der Waals surface area contributed by atoms with E-state index in [0.717, 1.165) is 5.56 Å². The van der Waals surface area contributed by atoms with Gasteiger partial charge in [-0.3, -0.25) is 0 Å². The fraction of sp³-hybridized carbons (Fsp3) is 0.125. The third-order valence-electron chi connectivity index (χ3n) is 3.18. The zero-order valence-electron chi connectivity index (χ0n) is 13.2. The monoisotopic (exact) mass is 359 g/mol. The van der Waals surface area contributed by atoms with Gasteiger partial charge in [0.25, 0.3) is 0 Å². The normalized spacial score (nSPS) is 10.5. The lowest BCUT2D eigenvalue weighted by Gasteiger charge is -2.08. The molecule has 3 aromatic rings. The first kappa shape index (κ1) is 16.8. The van der Waals surface area contributed by atoms with E-state index in [4.69, 9.17) is 10.5 Å². The fourth-order valence-electron chi connectivity index (χ4n) is 2.00. The number of nitrogens with two attached hydrogens (primary N) is 1. The molecule has 0 atom stereocenters. The molecule has 1 aromatic carbocycles. The molecule has 0 aliphatic rings. The minimum atomic E-state index is -0.445. The van der Waals surface area contributed by atoms with E-state index in [-0.39, 0.29) is 30.1 Å². The number of aryl methyl sites for hydroxylation is 1. The highest BCUT2D eigenvalue weighted by atomic mass is 32.1. The molecular formula is C16H14FN5O2S. The number of nitrogens with one attached hydrogen (secondary N) is 1. The van der Waals surface area contributed by atoms with Crippen molar-refractivity contribution in [3.05, 3.63) is 57.8 Å². The first-order valence-electron chi connectivity index (χ1n) is 7.25. The van der Waals surface area contributed by atoms with Crippen molar-refractivity contribution in [2.75, 3.05) is 11.1 Å². The van der Waals surface area contributed by atoms with Crippen LogP contribution in [0.3, 0.4) is 0 Å². The number of carbonyl (C=O) groups is 1. The van der Waals surface area contributed by atoms with E-state index < -0.39 is 5.97 Å². The van der Waals surface area contributed by atoms with Crippen LogP contribution in [0.15, 0.2) is 35.7 Å². The van der Waals surface area contributed by atoms with Gasteiger partial charge in [0.05, 0.1) is 0 Å². The second kappa shape index (κ2) is 7.22. The highest BCUT2D eigenvalue weighted by Gasteiger charge is 2.13. The third kappa shape index (κ3) is 4.27. The highest BCUT2D eigenvalue weighted by Crippen LogP contribution is 2.18. The van der Waals surface area contributed by atoms with Gasteiger partial charge in [-0.1, -0.05) is 0 Å². The molecule has 0 aliphatic heterocycles. The van der Waals surface area contributed by atoms with Gasteiger partial charge in [0.15, 0.2) is 12.4 Å². The Labute approximate surface area is 146 Å². The van der Waals surface area contributed by atoms with Gasteiger partial charge < -0.3 is 15.8 Å². The highest BCUT2D eigenvalue weighted by molar-refractivity contribution is 7.12. The number of rotatable bonds is 5. The van der Waals surface area contributed by atoms with Gasteiger partial charge >= 0.3 is 5.97 Å². The number of anilines is 3. The molecule has 25 heavy (non-hydrogen) atoms. The predicted octanol–water partition coefficient (Wildman–Crippen LogP) is 3.06. The molecule has 0 amide bonds. The summed E-state index contributed by atoms with van der Waals surface area (Å²) >= 11 is 1.31. The molecule has 0 fully saturated rings. The Hall–Kier alpha value is -3.07. The van der Waals surface area contributed by atoms with Crippen molar-refractivity contribution in [1.29, 1.82) is 0 Å². The third-order valence-corrected chi connectivity index (χ3v) is 4.18. The topological polar surface area (TPSA) is 103 Å². The van der Waals surface area contributed by atoms with Crippen LogP contribution < -0.4 is 11.1 Å². The summed E-state index contributed by atoms with van der Waals surface area (Å²) < 4.78 is 18.2. The summed E-state index contributed by atoms with van der Waals surface area (Å²) in [6.45, 7) is 1.69. The van der Waals surface area contributed by atoms with Crippen molar-refractivity contribution < 1.29 is 13.9 Å². The number of ether oxygens (including phenoxy) is 1. The van der Waals surface area contributed by atoms with Crippen LogP contribution in [0.1, 0.15) is 21.1 Å². The van der Waals surface area contributed by atoms with Crippen molar-refractivity contribution in [3.63, 3.8) is 0 Å². The molecule has 0 spiro atoms. The van der Waals surface area contributed by atoms with Crippen molar-refractivity contribution in [2.24, 2.45) is 0 Å². The lowest BCUT2D eigenvalue weighted by Crippen LogP contribution is -2.11. The van der Waals surface area contributed by atoms with E-state index in [9.17, 15) is 9.18 Å². The van der Waals surface area contributed by atoms with E-state index in [1.807, 2.05) is 18.4 Å². The molecule has 9 heteroatoms. The second-order valence-corrected chi connectivity index (χ2v) is 5.99. The number of esters is 1. The van der Waals surface area contributed by atoms with Crippen LogP contribution in [0.25, 0.3) is 0 Å². The van der Waals surface area contributed by atoms with Crippen LogP contribution in [0.4, 0.5) is 22.0 Å². The zero-order valence-corrected chi connectivity index (χ0v) is 14.0. The van der Waals surface area contributed by atoms with E-state index in [1.54, 1.807) is 0 Å². The Morgan fingerprint density at radius 1 is 1.24 bits per heavy atom. The number of hydrogen-bond donors (Lipinski definition) is 2. The molecule has 0 unspecified atom stereocenters. The molecule has 0 saturated carbocycles. The Bertz CT molecular complexity index is 898. The average molecular weight is 359 g/mol. The molecule has 128 valence electrons. The number of nitrogens with zero attached hydrogens (tertiary/aromatic N) is 3. The Morgan fingerprint density at radius 3 is 2.68 bits per heavy atom. The number of nitrogen functional groups attached to an aromatic ring is 1. The molecule has 3 N–H and O–H groups in total. The summed E-state index contributed by atoms with van der Waals surface area (Å²) in [6.07, 6.45) is 0. The number of halogens is 1. The fourth-order valence-corrected chi connectivity index (χ4v) is 2.82. The second-order valence-electron chi connectivity index (χ2n) is 5.07. The van der Waals surface area contributed by atoms with Gasteiger partial charge in [0, 0.05) is 5.69 Å². The van der Waals surface area contributed by atoms with Crippen LogP contribution in [0.2, 0.25) is 0 Å². The molecule has 7 nitrogen and oxygen atoms in total. The SMILES string of the molecule is Cc1ccsc1C(=O)OCc1nc(N)nc(Nc2ccc(F)cc2)n1. The average Bonchev–Trinajstić information content (AvgIpc) is 3.00. The maximum atomic E-state index is 12.9. The van der Waals surface area contributed by atoms with Crippen LogP contribution in [0.5, 0.6) is 0 Å². The van der Waals surface area contributed by atoms with Crippen molar-refractivity contribution in [2.45, 2.75) is 13.5 Å². The van der Waals surface area contributed by atoms with E-state index >= 15 is 0 Å². The Balaban J connectivity index is 1.70. The quantitative estimate of drug-likeness (QED) is 0.675. The van der Waals surface area contributed by atoms with Gasteiger partial charge in [-0.15, -0.1) is 11.3 Å². The first-order valence-corrected chi connectivity index (χ1v) is 8.13. The maximum Gasteiger partial charge on any atom is 0.349 e.